The van der Waals surface area contributed by atoms with Crippen molar-refractivity contribution in [1.29, 1.82) is 0 Å². The molecule has 37 heavy (non-hydrogen) atoms. The Labute approximate surface area is 217 Å². The molecule has 0 saturated heterocycles. The minimum Gasteiger partial charge on any atom is -0.490 e. The van der Waals surface area contributed by atoms with Crippen LogP contribution in [0.4, 0.5) is 4.39 Å². The molecule has 1 heterocycles. The summed E-state index contributed by atoms with van der Waals surface area (Å²) in [6.45, 7) is 3.08. The molecule has 1 aliphatic heterocycles. The van der Waals surface area contributed by atoms with Crippen LogP contribution in [-0.2, 0) is 4.74 Å². The predicted molar refractivity (Wildman–Crippen MR) is 145 cm³/mol. The zero-order valence-corrected chi connectivity index (χ0v) is 21.2. The lowest BCUT2D eigenvalue weighted by atomic mass is 9.82. The Hall–Kier alpha value is -3.70. The molecular formula is C32H32FNO3. The van der Waals surface area contributed by atoms with E-state index < -0.39 is 11.8 Å². The first-order valence-electron chi connectivity index (χ1n) is 12.9. The number of hydrogen-bond donors (Lipinski definition) is 1. The zero-order valence-electron chi connectivity index (χ0n) is 21.2. The van der Waals surface area contributed by atoms with E-state index >= 15 is 0 Å². The molecule has 3 atom stereocenters. The van der Waals surface area contributed by atoms with Gasteiger partial charge in [-0.1, -0.05) is 66.7 Å². The van der Waals surface area contributed by atoms with Gasteiger partial charge in [-0.2, -0.15) is 0 Å². The number of benzene rings is 4. The summed E-state index contributed by atoms with van der Waals surface area (Å²) < 4.78 is 25.4. The highest BCUT2D eigenvalue weighted by Gasteiger charge is 2.30. The lowest BCUT2D eigenvalue weighted by molar-refractivity contribution is 0.0595. The monoisotopic (exact) mass is 497 g/mol. The summed E-state index contributed by atoms with van der Waals surface area (Å²) in [7, 11) is 1.27. The highest BCUT2D eigenvalue weighted by atomic mass is 19.1. The van der Waals surface area contributed by atoms with Gasteiger partial charge in [0.1, 0.15) is 11.6 Å². The van der Waals surface area contributed by atoms with Crippen LogP contribution >= 0.6 is 0 Å². The van der Waals surface area contributed by atoms with E-state index in [1.54, 1.807) is 12.1 Å². The smallest absolute Gasteiger partial charge is 0.340 e. The zero-order chi connectivity index (χ0) is 25.8. The normalized spacial score (nSPS) is 17.6. The first kappa shape index (κ1) is 25.0. The quantitative estimate of drug-likeness (QED) is 0.207. The Kier molecular flexibility index (Phi) is 7.52. The largest absolute Gasteiger partial charge is 0.490 e. The average molecular weight is 498 g/mol. The number of fused-ring (bicyclic) bond motifs is 2. The lowest BCUT2D eigenvalue weighted by Gasteiger charge is -2.33. The van der Waals surface area contributed by atoms with E-state index in [2.05, 4.69) is 54.7 Å². The number of halogens is 1. The van der Waals surface area contributed by atoms with Crippen LogP contribution in [0, 0.1) is 5.82 Å². The second-order valence-electron chi connectivity index (χ2n) is 9.68. The van der Waals surface area contributed by atoms with E-state index in [0.717, 1.165) is 42.7 Å². The van der Waals surface area contributed by atoms with Gasteiger partial charge in [0, 0.05) is 17.5 Å². The number of carbonyl (C=O) groups excluding carboxylic acids is 1. The lowest BCUT2D eigenvalue weighted by Crippen LogP contribution is -2.28. The highest BCUT2D eigenvalue weighted by Crippen LogP contribution is 2.41. The predicted octanol–water partition coefficient (Wildman–Crippen LogP) is 7.18. The molecule has 0 unspecified atom stereocenters. The van der Waals surface area contributed by atoms with Gasteiger partial charge in [0.25, 0.3) is 0 Å². The molecule has 5 rings (SSSR count). The number of ether oxygens (including phenoxy) is 2. The molecule has 190 valence electrons. The summed E-state index contributed by atoms with van der Waals surface area (Å²) in [6.07, 6.45) is 2.65. The van der Waals surface area contributed by atoms with Gasteiger partial charge in [0.05, 0.1) is 18.8 Å². The third kappa shape index (κ3) is 5.37. The minimum atomic E-state index is -0.664. The van der Waals surface area contributed by atoms with Crippen molar-refractivity contribution in [3.05, 3.63) is 113 Å². The van der Waals surface area contributed by atoms with Gasteiger partial charge in [-0.05, 0) is 72.8 Å². The highest BCUT2D eigenvalue weighted by molar-refractivity contribution is 5.90. The molecule has 5 heteroatoms. The van der Waals surface area contributed by atoms with Gasteiger partial charge in [-0.25, -0.2) is 9.18 Å². The topological polar surface area (TPSA) is 47.6 Å². The van der Waals surface area contributed by atoms with E-state index in [0.29, 0.717) is 0 Å². The molecule has 4 aromatic rings. The number of rotatable bonds is 8. The summed E-state index contributed by atoms with van der Waals surface area (Å²) in [5.74, 6) is -0.368. The molecule has 0 saturated carbocycles. The third-order valence-corrected chi connectivity index (χ3v) is 7.33. The average Bonchev–Trinajstić information content (AvgIpc) is 2.94. The minimum absolute atomic E-state index is 0.0153. The number of methoxy groups -OCH3 is 1. The molecule has 1 N–H and O–H groups in total. The van der Waals surface area contributed by atoms with Gasteiger partial charge in [-0.3, -0.25) is 0 Å². The van der Waals surface area contributed by atoms with Crippen LogP contribution in [0.15, 0.2) is 84.9 Å². The number of para-hydroxylation sites is 1. The summed E-state index contributed by atoms with van der Waals surface area (Å²) in [6, 6.07) is 27.9. The molecule has 0 radical (unpaired) electrons. The summed E-state index contributed by atoms with van der Waals surface area (Å²) in [4.78, 5) is 12.1. The fraction of sp³-hybridized carbons (Fsp3) is 0.281. The Morgan fingerprint density at radius 3 is 2.70 bits per heavy atom. The van der Waals surface area contributed by atoms with Crippen molar-refractivity contribution < 1.29 is 18.7 Å². The Bertz CT molecular complexity index is 1400. The molecule has 0 bridgehead atoms. The van der Waals surface area contributed by atoms with E-state index in [1.807, 2.05) is 24.3 Å². The van der Waals surface area contributed by atoms with Crippen molar-refractivity contribution in [2.45, 2.75) is 44.2 Å². The third-order valence-electron chi connectivity index (χ3n) is 7.33. The maximum absolute atomic E-state index is 14.3. The molecule has 4 aromatic carbocycles. The second-order valence-corrected chi connectivity index (χ2v) is 9.68. The van der Waals surface area contributed by atoms with E-state index in [-0.39, 0.29) is 23.6 Å². The fourth-order valence-electron chi connectivity index (χ4n) is 5.40. The van der Waals surface area contributed by atoms with Crippen LogP contribution in [0.25, 0.3) is 10.8 Å². The van der Waals surface area contributed by atoms with E-state index in [4.69, 9.17) is 9.47 Å². The van der Waals surface area contributed by atoms with Crippen LogP contribution in [0.5, 0.6) is 5.75 Å². The second kappa shape index (κ2) is 11.1. The van der Waals surface area contributed by atoms with Crippen molar-refractivity contribution in [3.63, 3.8) is 0 Å². The van der Waals surface area contributed by atoms with Crippen LogP contribution in [0.1, 0.15) is 65.2 Å². The summed E-state index contributed by atoms with van der Waals surface area (Å²) >= 11 is 0. The number of nitrogens with one attached hydrogen (secondary N) is 1. The van der Waals surface area contributed by atoms with Crippen molar-refractivity contribution in [2.24, 2.45) is 0 Å². The van der Waals surface area contributed by atoms with E-state index in [9.17, 15) is 9.18 Å². The molecule has 4 nitrogen and oxygen atoms in total. The number of hydrogen-bond acceptors (Lipinski definition) is 4. The van der Waals surface area contributed by atoms with Crippen LogP contribution < -0.4 is 10.1 Å². The van der Waals surface area contributed by atoms with Crippen LogP contribution in [0.3, 0.4) is 0 Å². The summed E-state index contributed by atoms with van der Waals surface area (Å²) in [5, 5.41) is 6.21. The number of carbonyl (C=O) groups is 1. The first-order valence-corrected chi connectivity index (χ1v) is 12.9. The maximum atomic E-state index is 14.3. The van der Waals surface area contributed by atoms with Gasteiger partial charge in [0.15, 0.2) is 0 Å². The van der Waals surface area contributed by atoms with Gasteiger partial charge in [-0.15, -0.1) is 0 Å². The van der Waals surface area contributed by atoms with Crippen molar-refractivity contribution in [1.82, 2.24) is 5.32 Å². The summed E-state index contributed by atoms with van der Waals surface area (Å²) in [5.41, 5.74) is 3.22. The van der Waals surface area contributed by atoms with Crippen LogP contribution in [-0.4, -0.2) is 25.7 Å². The Morgan fingerprint density at radius 2 is 1.84 bits per heavy atom. The maximum Gasteiger partial charge on any atom is 0.340 e. The van der Waals surface area contributed by atoms with Crippen molar-refractivity contribution in [2.75, 3.05) is 13.7 Å². The molecule has 0 aliphatic carbocycles. The first-order chi connectivity index (χ1) is 18.0. The van der Waals surface area contributed by atoms with Gasteiger partial charge in [0.2, 0.25) is 0 Å². The molecule has 0 fully saturated rings. The Balaban J connectivity index is 1.26. The molecular weight excluding hydrogens is 465 g/mol. The molecule has 0 spiro atoms. The van der Waals surface area contributed by atoms with Crippen molar-refractivity contribution in [3.8, 4) is 5.75 Å². The molecule has 0 aromatic heterocycles. The Morgan fingerprint density at radius 1 is 1.05 bits per heavy atom. The molecule has 0 amide bonds. The van der Waals surface area contributed by atoms with Crippen LogP contribution in [0.2, 0.25) is 0 Å². The van der Waals surface area contributed by atoms with E-state index in [1.165, 1.54) is 29.5 Å². The van der Waals surface area contributed by atoms with Gasteiger partial charge >= 0.3 is 5.97 Å². The van der Waals surface area contributed by atoms with Crippen molar-refractivity contribution >= 4 is 16.7 Å². The van der Waals surface area contributed by atoms with Gasteiger partial charge < -0.3 is 14.8 Å². The standard InChI is InChI=1S/C32H32FNO3/c1-21(25-14-7-10-22-9-3-4-12-26(22)25)34-18-8-11-24-20-28(27-13-5-6-15-31(27)37-24)23-16-17-30(33)29(19-23)32(35)36-2/h3-7,9-10,12-17,19,21,24,28,34H,8,11,18,20H2,1-2H3/t21-,24-,28+/m1/s1. The fourth-order valence-corrected chi connectivity index (χ4v) is 5.40. The SMILES string of the molecule is COC(=O)c1cc([C@@H]2C[C@@H](CCCN[C@H](C)c3cccc4ccccc34)Oc3ccccc32)ccc1F. The number of esters is 1. The molecule has 1 aliphatic rings.